The second-order valence-electron chi connectivity index (χ2n) is 7.28. The first kappa shape index (κ1) is 19.8. The number of rotatable bonds is 5. The topological polar surface area (TPSA) is 69.6 Å². The molecule has 0 N–H and O–H groups in total. The van der Waals surface area contributed by atoms with Gasteiger partial charge in [0, 0.05) is 45.7 Å². The van der Waals surface area contributed by atoms with Crippen molar-refractivity contribution in [1.82, 2.24) is 20.0 Å². The lowest BCUT2D eigenvalue weighted by Gasteiger charge is -2.34. The first-order valence-electron chi connectivity index (χ1n) is 9.65. The molecule has 0 spiro atoms. The molecule has 1 aliphatic rings. The third-order valence-electron chi connectivity index (χ3n) is 5.00. The van der Waals surface area contributed by atoms with Crippen molar-refractivity contribution in [3.05, 3.63) is 53.7 Å². The molecule has 2 aromatic rings. The number of piperazine rings is 1. The van der Waals surface area contributed by atoms with Gasteiger partial charge in [0.05, 0.1) is 0 Å². The summed E-state index contributed by atoms with van der Waals surface area (Å²) in [6.45, 7) is 8.67. The van der Waals surface area contributed by atoms with E-state index in [1.165, 1.54) is 5.56 Å². The highest BCUT2D eigenvalue weighted by Gasteiger charge is 2.24. The van der Waals surface area contributed by atoms with E-state index in [1.807, 2.05) is 24.3 Å². The van der Waals surface area contributed by atoms with Crippen LogP contribution < -0.4 is 4.90 Å². The summed E-state index contributed by atoms with van der Waals surface area (Å²) in [4.78, 5) is 29.8. The molecule has 1 aromatic carbocycles. The van der Waals surface area contributed by atoms with Crippen LogP contribution in [0.3, 0.4) is 0 Å². The summed E-state index contributed by atoms with van der Waals surface area (Å²) < 4.78 is 0. The van der Waals surface area contributed by atoms with Crippen LogP contribution in [-0.4, -0.2) is 64.0 Å². The molecule has 1 saturated heterocycles. The van der Waals surface area contributed by atoms with Crippen LogP contribution in [0.25, 0.3) is 0 Å². The molecule has 7 nitrogen and oxygen atoms in total. The Balaban J connectivity index is 1.68. The van der Waals surface area contributed by atoms with E-state index >= 15 is 0 Å². The molecule has 3 rings (SSSR count). The van der Waals surface area contributed by atoms with E-state index in [4.69, 9.17) is 0 Å². The van der Waals surface area contributed by atoms with E-state index in [0.717, 1.165) is 12.4 Å². The van der Waals surface area contributed by atoms with Crippen LogP contribution in [0.15, 0.2) is 42.5 Å². The predicted molar refractivity (Wildman–Crippen MR) is 108 cm³/mol. The van der Waals surface area contributed by atoms with Crippen molar-refractivity contribution < 1.29 is 9.59 Å². The minimum atomic E-state index is -0.138. The Labute approximate surface area is 166 Å². The molecule has 2 amide bonds. The normalized spacial score (nSPS) is 14.3. The molecular formula is C21H27N5O2. The van der Waals surface area contributed by atoms with Crippen molar-refractivity contribution in [1.29, 1.82) is 0 Å². The summed E-state index contributed by atoms with van der Waals surface area (Å²) in [5.74, 6) is 0.654. The maximum atomic E-state index is 12.7. The Morgan fingerprint density at radius 2 is 1.61 bits per heavy atom. The number of aromatic nitrogens is 2. The highest BCUT2D eigenvalue weighted by atomic mass is 16.2. The van der Waals surface area contributed by atoms with Gasteiger partial charge in [-0.05, 0) is 31.5 Å². The molecule has 1 aromatic heterocycles. The largest absolute Gasteiger partial charge is 0.348 e. The highest BCUT2D eigenvalue weighted by molar-refractivity contribution is 5.92. The molecule has 28 heavy (non-hydrogen) atoms. The molecule has 0 saturated carbocycles. The van der Waals surface area contributed by atoms with Crippen molar-refractivity contribution in [2.24, 2.45) is 0 Å². The standard InChI is InChI=1S/C21H27N5O2/c1-16(2)26(15-18-7-5-4-6-8-18)20-10-9-19(22-23-20)21(28)25-13-11-24(12-14-25)17(3)27/h4-10,16H,11-15H2,1-3H3. The van der Waals surface area contributed by atoms with E-state index < -0.39 is 0 Å². The van der Waals surface area contributed by atoms with E-state index in [-0.39, 0.29) is 17.9 Å². The van der Waals surface area contributed by atoms with Crippen molar-refractivity contribution in [2.45, 2.75) is 33.4 Å². The minimum absolute atomic E-state index is 0.0448. The number of amides is 2. The summed E-state index contributed by atoms with van der Waals surface area (Å²) in [6.07, 6.45) is 0. The molecular weight excluding hydrogens is 354 g/mol. The molecule has 0 aliphatic carbocycles. The van der Waals surface area contributed by atoms with Crippen LogP contribution in [0.5, 0.6) is 0 Å². The zero-order valence-electron chi connectivity index (χ0n) is 16.7. The maximum Gasteiger partial charge on any atom is 0.274 e. The summed E-state index contributed by atoms with van der Waals surface area (Å²) in [5, 5.41) is 8.51. The lowest BCUT2D eigenvalue weighted by atomic mass is 10.2. The number of hydrogen-bond acceptors (Lipinski definition) is 5. The molecule has 1 fully saturated rings. The van der Waals surface area contributed by atoms with Crippen LogP contribution in [0.2, 0.25) is 0 Å². The summed E-state index contributed by atoms with van der Waals surface area (Å²) in [7, 11) is 0. The van der Waals surface area contributed by atoms with Gasteiger partial charge in [0.2, 0.25) is 5.91 Å². The fourth-order valence-electron chi connectivity index (χ4n) is 3.29. The number of benzene rings is 1. The third kappa shape index (κ3) is 4.65. The van der Waals surface area contributed by atoms with Crippen LogP contribution in [0, 0.1) is 0 Å². The Bertz CT molecular complexity index is 799. The number of nitrogens with zero attached hydrogens (tertiary/aromatic N) is 5. The monoisotopic (exact) mass is 381 g/mol. The van der Waals surface area contributed by atoms with E-state index in [1.54, 1.807) is 22.8 Å². The molecule has 148 valence electrons. The zero-order valence-corrected chi connectivity index (χ0v) is 16.7. The van der Waals surface area contributed by atoms with Gasteiger partial charge in [-0.1, -0.05) is 30.3 Å². The van der Waals surface area contributed by atoms with Gasteiger partial charge in [0.25, 0.3) is 5.91 Å². The first-order valence-corrected chi connectivity index (χ1v) is 9.65. The van der Waals surface area contributed by atoms with Gasteiger partial charge in [0.1, 0.15) is 0 Å². The van der Waals surface area contributed by atoms with Gasteiger partial charge in [-0.25, -0.2) is 0 Å². The van der Waals surface area contributed by atoms with Gasteiger partial charge in [-0.15, -0.1) is 10.2 Å². The van der Waals surface area contributed by atoms with E-state index in [0.29, 0.717) is 31.9 Å². The molecule has 0 bridgehead atoms. The second kappa shape index (κ2) is 8.82. The number of hydrogen-bond donors (Lipinski definition) is 0. The molecule has 2 heterocycles. The number of carbonyl (C=O) groups is 2. The molecule has 7 heteroatoms. The first-order chi connectivity index (χ1) is 13.5. The Morgan fingerprint density at radius 3 is 2.14 bits per heavy atom. The number of carbonyl (C=O) groups excluding carboxylic acids is 2. The highest BCUT2D eigenvalue weighted by Crippen LogP contribution is 2.18. The molecule has 1 aliphatic heterocycles. The SMILES string of the molecule is CC(=O)N1CCN(C(=O)c2ccc(N(Cc3ccccc3)C(C)C)nn2)CC1. The van der Waals surface area contributed by atoms with Crippen molar-refractivity contribution in [2.75, 3.05) is 31.1 Å². The lowest BCUT2D eigenvalue weighted by Crippen LogP contribution is -2.50. The Morgan fingerprint density at radius 1 is 0.964 bits per heavy atom. The van der Waals surface area contributed by atoms with Crippen molar-refractivity contribution in [3.8, 4) is 0 Å². The van der Waals surface area contributed by atoms with Gasteiger partial charge in [-0.3, -0.25) is 9.59 Å². The van der Waals surface area contributed by atoms with Gasteiger partial charge in [-0.2, -0.15) is 0 Å². The van der Waals surface area contributed by atoms with Gasteiger partial charge < -0.3 is 14.7 Å². The smallest absolute Gasteiger partial charge is 0.274 e. The predicted octanol–water partition coefficient (Wildman–Crippen LogP) is 2.20. The number of anilines is 1. The van der Waals surface area contributed by atoms with Gasteiger partial charge >= 0.3 is 0 Å². The average Bonchev–Trinajstić information content (AvgIpc) is 2.72. The van der Waals surface area contributed by atoms with E-state index in [2.05, 4.69) is 41.1 Å². The minimum Gasteiger partial charge on any atom is -0.348 e. The van der Waals surface area contributed by atoms with Crippen molar-refractivity contribution >= 4 is 17.6 Å². The third-order valence-corrected chi connectivity index (χ3v) is 5.00. The summed E-state index contributed by atoms with van der Waals surface area (Å²) in [6, 6.07) is 14.1. The Kier molecular flexibility index (Phi) is 6.23. The quantitative estimate of drug-likeness (QED) is 0.794. The van der Waals surface area contributed by atoms with E-state index in [9.17, 15) is 9.59 Å². The fourth-order valence-corrected chi connectivity index (χ4v) is 3.29. The summed E-state index contributed by atoms with van der Waals surface area (Å²) in [5.41, 5.74) is 1.53. The summed E-state index contributed by atoms with van der Waals surface area (Å²) >= 11 is 0. The second-order valence-corrected chi connectivity index (χ2v) is 7.28. The molecule has 0 radical (unpaired) electrons. The van der Waals surface area contributed by atoms with Crippen molar-refractivity contribution in [3.63, 3.8) is 0 Å². The van der Waals surface area contributed by atoms with Crippen LogP contribution in [-0.2, 0) is 11.3 Å². The molecule has 0 atom stereocenters. The molecule has 0 unspecified atom stereocenters. The zero-order chi connectivity index (χ0) is 20.1. The maximum absolute atomic E-state index is 12.7. The average molecular weight is 381 g/mol. The van der Waals surface area contributed by atoms with Crippen LogP contribution >= 0.6 is 0 Å². The van der Waals surface area contributed by atoms with Gasteiger partial charge in [0.15, 0.2) is 11.5 Å². The lowest BCUT2D eigenvalue weighted by molar-refractivity contribution is -0.130. The Hall–Kier alpha value is -2.96. The van der Waals surface area contributed by atoms with Crippen LogP contribution in [0.1, 0.15) is 36.8 Å². The fraction of sp³-hybridized carbons (Fsp3) is 0.429. The van der Waals surface area contributed by atoms with Crippen LogP contribution in [0.4, 0.5) is 5.82 Å².